The largest absolute Gasteiger partial charge is 0.297 e. The number of nitrogens with zero attached hydrogens (tertiary/aromatic N) is 1. The molecule has 0 radical (unpaired) electrons. The lowest BCUT2D eigenvalue weighted by Gasteiger charge is -2.27. The maximum Gasteiger partial charge on any atom is 0.219 e. The van der Waals surface area contributed by atoms with Gasteiger partial charge in [-0.1, -0.05) is 38.1 Å². The summed E-state index contributed by atoms with van der Waals surface area (Å²) in [7, 11) is -1.71. The zero-order valence-corrected chi connectivity index (χ0v) is 15.6. The second-order valence-corrected chi connectivity index (χ2v) is 9.44. The van der Waals surface area contributed by atoms with Crippen LogP contribution in [0.5, 0.6) is 0 Å². The van der Waals surface area contributed by atoms with Gasteiger partial charge in [-0.05, 0) is 37.8 Å². The third-order valence-electron chi connectivity index (χ3n) is 3.98. The summed E-state index contributed by atoms with van der Waals surface area (Å²) < 4.78 is 28.2. The summed E-state index contributed by atoms with van der Waals surface area (Å²) in [4.78, 5) is 5.53. The third kappa shape index (κ3) is 4.32. The van der Waals surface area contributed by atoms with Gasteiger partial charge in [0.2, 0.25) is 10.0 Å². The van der Waals surface area contributed by atoms with Gasteiger partial charge in [-0.3, -0.25) is 4.84 Å². The van der Waals surface area contributed by atoms with E-state index in [1.807, 2.05) is 32.9 Å². The van der Waals surface area contributed by atoms with Gasteiger partial charge in [0.25, 0.3) is 0 Å². The van der Waals surface area contributed by atoms with E-state index in [1.165, 1.54) is 5.56 Å². The Kier molecular flexibility index (Phi) is 5.21. The zero-order valence-electron chi connectivity index (χ0n) is 14.8. The van der Waals surface area contributed by atoms with E-state index in [1.54, 1.807) is 12.1 Å². The van der Waals surface area contributed by atoms with Crippen LogP contribution < -0.4 is 4.72 Å². The summed E-state index contributed by atoms with van der Waals surface area (Å²) in [5.74, 6) is 0.448. The molecule has 1 saturated heterocycles. The summed E-state index contributed by atoms with van der Waals surface area (Å²) >= 11 is 0. The van der Waals surface area contributed by atoms with E-state index < -0.39 is 20.8 Å². The van der Waals surface area contributed by atoms with Gasteiger partial charge in [-0.15, -0.1) is 0 Å². The number of hydrogen-bond donors (Lipinski definition) is 1. The van der Waals surface area contributed by atoms with Crippen molar-refractivity contribution in [3.63, 3.8) is 0 Å². The van der Waals surface area contributed by atoms with Crippen molar-refractivity contribution >= 4 is 10.0 Å². The molecule has 1 aromatic rings. The molecule has 1 heterocycles. The second kappa shape index (κ2) is 6.51. The first-order chi connectivity index (χ1) is 10.5. The standard InChI is InChI=1S/C17H28N2O3S/c1-12(2)13-7-9-14(10-8-13)16-15(11-22-19(16)6)23(20,21)18-17(3,4)5/h7-10,12,15-16,18H,11H2,1-6H3/t15-,16-/m1/s1. The minimum atomic E-state index is -3.49. The molecule has 0 unspecified atom stereocenters. The first-order valence-corrected chi connectivity index (χ1v) is 9.54. The number of nitrogens with one attached hydrogen (secondary N) is 1. The van der Waals surface area contributed by atoms with Crippen molar-refractivity contribution < 1.29 is 13.3 Å². The topological polar surface area (TPSA) is 58.6 Å². The third-order valence-corrected chi connectivity index (χ3v) is 6.07. The first-order valence-electron chi connectivity index (χ1n) is 7.99. The molecule has 6 heteroatoms. The average molecular weight is 340 g/mol. The average Bonchev–Trinajstić information content (AvgIpc) is 2.79. The molecule has 1 aliphatic rings. The lowest BCUT2D eigenvalue weighted by atomic mass is 9.98. The van der Waals surface area contributed by atoms with E-state index in [-0.39, 0.29) is 12.6 Å². The van der Waals surface area contributed by atoms with Crippen LogP contribution in [0.3, 0.4) is 0 Å². The minimum absolute atomic E-state index is 0.165. The highest BCUT2D eigenvalue weighted by atomic mass is 32.2. The predicted molar refractivity (Wildman–Crippen MR) is 92.6 cm³/mol. The summed E-state index contributed by atoms with van der Waals surface area (Å²) in [6.45, 7) is 9.97. The number of hydroxylamine groups is 2. The van der Waals surface area contributed by atoms with Crippen molar-refractivity contribution in [1.82, 2.24) is 9.79 Å². The Hall–Kier alpha value is -0.950. The molecule has 0 spiro atoms. The van der Waals surface area contributed by atoms with E-state index >= 15 is 0 Å². The van der Waals surface area contributed by atoms with Crippen molar-refractivity contribution in [2.24, 2.45) is 0 Å². The predicted octanol–water partition coefficient (Wildman–Crippen LogP) is 2.81. The molecule has 1 aliphatic heterocycles. The molecule has 0 bridgehead atoms. The highest BCUT2D eigenvalue weighted by molar-refractivity contribution is 7.90. The van der Waals surface area contributed by atoms with Crippen LogP contribution in [0.25, 0.3) is 0 Å². The molecule has 5 nitrogen and oxygen atoms in total. The van der Waals surface area contributed by atoms with E-state index in [9.17, 15) is 8.42 Å². The molecule has 0 amide bonds. The molecule has 0 saturated carbocycles. The smallest absolute Gasteiger partial charge is 0.219 e. The van der Waals surface area contributed by atoms with Crippen LogP contribution in [0, 0.1) is 0 Å². The van der Waals surface area contributed by atoms with Crippen molar-refractivity contribution in [2.45, 2.75) is 57.4 Å². The van der Waals surface area contributed by atoms with Crippen LogP contribution in [0.1, 0.15) is 57.7 Å². The molecule has 1 N–H and O–H groups in total. The first kappa shape index (κ1) is 18.4. The highest BCUT2D eigenvalue weighted by Crippen LogP contribution is 2.34. The Morgan fingerprint density at radius 3 is 2.26 bits per heavy atom. The second-order valence-electron chi connectivity index (χ2n) is 7.54. The Bertz CT molecular complexity index is 633. The summed E-state index contributed by atoms with van der Waals surface area (Å²) in [5, 5.41) is 1.02. The SMILES string of the molecule is CC(C)c1ccc([C@@H]2[C@H](S(=O)(=O)NC(C)(C)C)CON2C)cc1. The molecular weight excluding hydrogens is 312 g/mol. The quantitative estimate of drug-likeness (QED) is 0.916. The Balaban J connectivity index is 2.31. The molecule has 0 aliphatic carbocycles. The normalized spacial score (nSPS) is 23.6. The molecule has 2 rings (SSSR count). The van der Waals surface area contributed by atoms with Crippen LogP contribution in [0.2, 0.25) is 0 Å². The van der Waals surface area contributed by atoms with Crippen molar-refractivity contribution in [1.29, 1.82) is 0 Å². The molecule has 1 fully saturated rings. The van der Waals surface area contributed by atoms with Gasteiger partial charge >= 0.3 is 0 Å². The van der Waals surface area contributed by atoms with E-state index in [0.29, 0.717) is 5.92 Å². The minimum Gasteiger partial charge on any atom is -0.297 e. The maximum absolute atomic E-state index is 12.7. The van der Waals surface area contributed by atoms with Crippen LogP contribution in [0.4, 0.5) is 0 Å². The maximum atomic E-state index is 12.7. The van der Waals surface area contributed by atoms with Crippen LogP contribution in [-0.4, -0.2) is 37.9 Å². The Labute approximate surface area is 140 Å². The fourth-order valence-corrected chi connectivity index (χ4v) is 4.77. The number of hydrogen-bond acceptors (Lipinski definition) is 4. The molecule has 1 aromatic carbocycles. The molecule has 0 aromatic heterocycles. The lowest BCUT2D eigenvalue weighted by molar-refractivity contribution is -0.110. The molecule has 23 heavy (non-hydrogen) atoms. The highest BCUT2D eigenvalue weighted by Gasteiger charge is 2.44. The van der Waals surface area contributed by atoms with Crippen molar-refractivity contribution in [3.8, 4) is 0 Å². The zero-order chi connectivity index (χ0) is 17.4. The Morgan fingerprint density at radius 2 is 1.78 bits per heavy atom. The van der Waals surface area contributed by atoms with Gasteiger partial charge in [0.15, 0.2) is 0 Å². The summed E-state index contributed by atoms with van der Waals surface area (Å²) in [6.07, 6.45) is 0. The summed E-state index contributed by atoms with van der Waals surface area (Å²) in [6, 6.07) is 7.83. The fourth-order valence-electron chi connectivity index (χ4n) is 2.86. The van der Waals surface area contributed by atoms with Gasteiger partial charge in [-0.2, -0.15) is 5.06 Å². The van der Waals surface area contributed by atoms with Gasteiger partial charge in [0.1, 0.15) is 5.25 Å². The monoisotopic (exact) mass is 340 g/mol. The van der Waals surface area contributed by atoms with Gasteiger partial charge in [-0.25, -0.2) is 13.1 Å². The summed E-state index contributed by atoms with van der Waals surface area (Å²) in [5.41, 5.74) is 1.69. The lowest BCUT2D eigenvalue weighted by Crippen LogP contribution is -2.47. The van der Waals surface area contributed by atoms with E-state index in [2.05, 4.69) is 30.7 Å². The van der Waals surface area contributed by atoms with Gasteiger partial charge < -0.3 is 0 Å². The molecular formula is C17H28N2O3S. The van der Waals surface area contributed by atoms with Crippen LogP contribution >= 0.6 is 0 Å². The fraction of sp³-hybridized carbons (Fsp3) is 0.647. The van der Waals surface area contributed by atoms with Crippen LogP contribution in [0.15, 0.2) is 24.3 Å². The molecule has 2 atom stereocenters. The number of benzene rings is 1. The van der Waals surface area contributed by atoms with Crippen molar-refractivity contribution in [2.75, 3.05) is 13.7 Å². The van der Waals surface area contributed by atoms with E-state index in [0.717, 1.165) is 5.56 Å². The number of rotatable bonds is 4. The van der Waals surface area contributed by atoms with E-state index in [4.69, 9.17) is 4.84 Å². The van der Waals surface area contributed by atoms with Gasteiger partial charge in [0, 0.05) is 12.6 Å². The molecule has 130 valence electrons. The van der Waals surface area contributed by atoms with Crippen molar-refractivity contribution in [3.05, 3.63) is 35.4 Å². The van der Waals surface area contributed by atoms with Gasteiger partial charge in [0.05, 0.1) is 12.6 Å². The Morgan fingerprint density at radius 1 is 1.22 bits per heavy atom. The van der Waals surface area contributed by atoms with Crippen LogP contribution in [-0.2, 0) is 14.9 Å². The number of sulfonamides is 1.